The summed E-state index contributed by atoms with van der Waals surface area (Å²) in [6.45, 7) is 17.6. The molecule has 0 radical (unpaired) electrons. The number of urea groups is 2. The smallest absolute Gasteiger partial charge is 0.344 e. The van der Waals surface area contributed by atoms with Crippen molar-refractivity contribution in [2.75, 3.05) is 48.5 Å². The zero-order valence-electron chi connectivity index (χ0n) is 44.0. The van der Waals surface area contributed by atoms with Gasteiger partial charge in [0.15, 0.2) is 49.4 Å². The first kappa shape index (κ1) is 56.8. The molecule has 74 heavy (non-hydrogen) atoms. The normalized spacial score (nSPS) is 11.7. The molecule has 20 nitrogen and oxygen atoms in total. The zero-order valence-corrected chi connectivity index (χ0v) is 44.0. The molecular formula is C54H68N6O14. The quantitative estimate of drug-likeness (QED) is 0.0207. The highest BCUT2D eigenvalue weighted by Crippen LogP contribution is 2.44. The molecule has 0 atom stereocenters. The molecule has 5 aromatic carbocycles. The fourth-order valence-corrected chi connectivity index (χ4v) is 7.16. The van der Waals surface area contributed by atoms with Crippen molar-refractivity contribution in [2.45, 2.75) is 119 Å². The van der Waals surface area contributed by atoms with Crippen molar-refractivity contribution in [3.8, 4) is 23.0 Å². The molecule has 20 heteroatoms. The Labute approximate surface area is 430 Å². The molecule has 0 heterocycles. The number of nitrogens with two attached hydrogens (primary N) is 2. The van der Waals surface area contributed by atoms with Crippen LogP contribution in [0.3, 0.4) is 0 Å². The lowest BCUT2D eigenvalue weighted by atomic mass is 9.90. The average Bonchev–Trinajstić information content (AvgIpc) is 3.26. The van der Waals surface area contributed by atoms with E-state index in [-0.39, 0.29) is 36.1 Å². The second-order valence-electron chi connectivity index (χ2n) is 20.9. The molecule has 0 fully saturated rings. The average molecular weight is 1030 g/mol. The Hall–Kier alpha value is -8.16. The molecule has 5 aromatic rings. The SMILES string of the molecule is CC(C)(C)OC(=O)COc1cc2c(CNC(=O)Nc3ccccc3N)c3cc(OCC(=O)OC(C)(C)C)c(OCC(=O)OC(C)(C)C)cc3c(CNC(=O)Nc3ccccc3N)c2cc1OCC(=O)OC(C)(C)C. The summed E-state index contributed by atoms with van der Waals surface area (Å²) in [6.07, 6.45) is 0. The Morgan fingerprint density at radius 2 is 0.649 bits per heavy atom. The number of nitrogens with one attached hydrogen (secondary N) is 4. The van der Waals surface area contributed by atoms with Gasteiger partial charge in [-0.25, -0.2) is 28.8 Å². The van der Waals surface area contributed by atoms with E-state index in [0.717, 1.165) is 0 Å². The molecule has 0 unspecified atom stereocenters. The number of esters is 4. The van der Waals surface area contributed by atoms with Crippen LogP contribution in [0.5, 0.6) is 23.0 Å². The lowest BCUT2D eigenvalue weighted by molar-refractivity contribution is -0.158. The van der Waals surface area contributed by atoms with Gasteiger partial charge in [-0.15, -0.1) is 0 Å². The number of para-hydroxylation sites is 4. The van der Waals surface area contributed by atoms with Crippen molar-refractivity contribution in [2.24, 2.45) is 0 Å². The highest BCUT2D eigenvalue weighted by molar-refractivity contribution is 6.09. The highest BCUT2D eigenvalue weighted by atomic mass is 16.6. The van der Waals surface area contributed by atoms with Gasteiger partial charge in [-0.2, -0.15) is 0 Å². The molecule has 5 rings (SSSR count). The molecule has 398 valence electrons. The van der Waals surface area contributed by atoms with Crippen LogP contribution >= 0.6 is 0 Å². The molecule has 0 bridgehead atoms. The summed E-state index contributed by atoms with van der Waals surface area (Å²) in [5.74, 6) is -2.95. The number of fused-ring (bicyclic) bond motifs is 2. The van der Waals surface area contributed by atoms with E-state index in [1.54, 1.807) is 156 Å². The summed E-state index contributed by atoms with van der Waals surface area (Å²) in [7, 11) is 0. The third-order valence-corrected chi connectivity index (χ3v) is 9.80. The Balaban J connectivity index is 1.81. The minimum Gasteiger partial charge on any atom is -0.478 e. The van der Waals surface area contributed by atoms with Crippen molar-refractivity contribution in [3.05, 3.63) is 83.9 Å². The van der Waals surface area contributed by atoms with Gasteiger partial charge in [0, 0.05) is 13.1 Å². The van der Waals surface area contributed by atoms with Crippen LogP contribution in [0.4, 0.5) is 32.3 Å². The fraction of sp³-hybridized carbons (Fsp3) is 0.407. The summed E-state index contributed by atoms with van der Waals surface area (Å²) < 4.78 is 46.6. The number of benzene rings is 5. The Morgan fingerprint density at radius 3 is 0.878 bits per heavy atom. The minimum absolute atomic E-state index is 0.0241. The Bertz CT molecular complexity index is 2570. The fourth-order valence-electron chi connectivity index (χ4n) is 7.16. The van der Waals surface area contributed by atoms with Gasteiger partial charge in [0.2, 0.25) is 0 Å². The van der Waals surface area contributed by atoms with Crippen LogP contribution in [0.25, 0.3) is 21.5 Å². The number of rotatable bonds is 18. The maximum absolute atomic E-state index is 13.7. The van der Waals surface area contributed by atoms with Gasteiger partial charge in [-0.1, -0.05) is 24.3 Å². The number of nitrogen functional groups attached to an aromatic ring is 2. The number of hydrogen-bond donors (Lipinski definition) is 6. The van der Waals surface area contributed by atoms with Crippen molar-refractivity contribution in [1.82, 2.24) is 10.6 Å². The number of ether oxygens (including phenoxy) is 8. The maximum Gasteiger partial charge on any atom is 0.344 e. The Morgan fingerprint density at radius 1 is 0.405 bits per heavy atom. The van der Waals surface area contributed by atoms with E-state index >= 15 is 0 Å². The van der Waals surface area contributed by atoms with Crippen LogP contribution in [-0.4, -0.2) is 84.8 Å². The largest absolute Gasteiger partial charge is 0.478 e. The molecule has 0 spiro atoms. The van der Waals surface area contributed by atoms with E-state index in [1.165, 1.54) is 0 Å². The molecule has 0 aromatic heterocycles. The van der Waals surface area contributed by atoms with Gasteiger partial charge in [-0.05, 0) is 164 Å². The predicted molar refractivity (Wildman–Crippen MR) is 280 cm³/mol. The molecule has 4 amide bonds. The second kappa shape index (κ2) is 23.6. The summed E-state index contributed by atoms with van der Waals surface area (Å²) >= 11 is 0. The number of carbonyl (C=O) groups excluding carboxylic acids is 6. The minimum atomic E-state index is -0.859. The van der Waals surface area contributed by atoms with Crippen molar-refractivity contribution < 1.29 is 66.7 Å². The maximum atomic E-state index is 13.7. The first-order valence-electron chi connectivity index (χ1n) is 23.7. The van der Waals surface area contributed by atoms with Crippen LogP contribution in [0.15, 0.2) is 72.8 Å². The van der Waals surface area contributed by atoms with Gasteiger partial charge >= 0.3 is 35.9 Å². The van der Waals surface area contributed by atoms with E-state index in [2.05, 4.69) is 21.3 Å². The lowest BCUT2D eigenvalue weighted by Crippen LogP contribution is -2.30. The molecule has 0 aliphatic carbocycles. The summed E-state index contributed by atoms with van der Waals surface area (Å²) in [5.41, 5.74) is 11.0. The summed E-state index contributed by atoms with van der Waals surface area (Å²) in [4.78, 5) is 80.0. The van der Waals surface area contributed by atoms with Crippen molar-refractivity contribution >= 4 is 80.2 Å². The summed E-state index contributed by atoms with van der Waals surface area (Å²) in [5, 5.41) is 12.8. The van der Waals surface area contributed by atoms with Crippen LogP contribution in [-0.2, 0) is 51.2 Å². The Kier molecular flexibility index (Phi) is 18.1. The van der Waals surface area contributed by atoms with Crippen LogP contribution < -0.4 is 51.7 Å². The monoisotopic (exact) mass is 1020 g/mol. The van der Waals surface area contributed by atoms with Crippen molar-refractivity contribution in [3.63, 3.8) is 0 Å². The van der Waals surface area contributed by atoms with E-state index in [1.807, 2.05) is 0 Å². The first-order chi connectivity index (χ1) is 34.4. The van der Waals surface area contributed by atoms with Gasteiger partial charge in [0.1, 0.15) is 22.4 Å². The van der Waals surface area contributed by atoms with E-state index in [4.69, 9.17) is 49.4 Å². The topological polar surface area (TPSA) is 276 Å². The van der Waals surface area contributed by atoms with E-state index in [0.29, 0.717) is 55.4 Å². The number of anilines is 4. The zero-order chi connectivity index (χ0) is 54.8. The van der Waals surface area contributed by atoms with Gasteiger partial charge in [-0.3, -0.25) is 0 Å². The molecule has 0 aliphatic heterocycles. The number of carbonyl (C=O) groups is 6. The third kappa shape index (κ3) is 17.6. The predicted octanol–water partition coefficient (Wildman–Crippen LogP) is 8.68. The van der Waals surface area contributed by atoms with Crippen LogP contribution in [0.1, 0.15) is 94.2 Å². The standard InChI is InChI=1S/C54H68N6O14/c1-51(2,3)71-45(61)27-67-41-21-31-32(22-42(41)68-28-46(62)72-52(4,5)6)36(26-58-50(66)60-40-20-16-14-18-38(40)56)34-24-44(70-30-48(64)74-54(10,11)12)43(69-29-47(63)73-53(7,8)9)23-33(34)35(31)25-57-49(65)59-39-19-15-13-17-37(39)55/h13-24H,25-30,55-56H2,1-12H3,(H2,57,59,65)(H2,58,60,66). The van der Waals surface area contributed by atoms with Crippen LogP contribution in [0, 0.1) is 0 Å². The summed E-state index contributed by atoms with van der Waals surface area (Å²) in [6, 6.07) is 18.3. The van der Waals surface area contributed by atoms with Crippen molar-refractivity contribution in [1.29, 1.82) is 0 Å². The molecule has 0 saturated carbocycles. The molecule has 8 N–H and O–H groups in total. The van der Waals surface area contributed by atoms with Gasteiger partial charge < -0.3 is 70.6 Å². The van der Waals surface area contributed by atoms with Gasteiger partial charge in [0.05, 0.1) is 22.7 Å². The van der Waals surface area contributed by atoms with E-state index in [9.17, 15) is 28.8 Å². The van der Waals surface area contributed by atoms with Gasteiger partial charge in [0.25, 0.3) is 0 Å². The number of amides is 4. The molecule has 0 aliphatic rings. The first-order valence-corrected chi connectivity index (χ1v) is 23.7. The van der Waals surface area contributed by atoms with E-state index < -0.39 is 84.8 Å². The lowest BCUT2D eigenvalue weighted by Gasteiger charge is -2.24. The molecule has 0 saturated heterocycles. The third-order valence-electron chi connectivity index (χ3n) is 9.80. The second-order valence-corrected chi connectivity index (χ2v) is 20.9. The highest BCUT2D eigenvalue weighted by Gasteiger charge is 2.27. The van der Waals surface area contributed by atoms with Crippen LogP contribution in [0.2, 0.25) is 0 Å². The molecular weight excluding hydrogens is 957 g/mol. The number of hydrogen-bond acceptors (Lipinski definition) is 16.